The third-order valence-corrected chi connectivity index (χ3v) is 4.17. The van der Waals surface area contributed by atoms with Crippen LogP contribution in [0.3, 0.4) is 0 Å². The number of aromatic nitrogens is 2. The molecule has 20 heavy (non-hydrogen) atoms. The van der Waals surface area contributed by atoms with Crippen molar-refractivity contribution in [2.45, 2.75) is 52.5 Å². The average Bonchev–Trinajstić information content (AvgIpc) is 2.49. The first-order valence-corrected chi connectivity index (χ1v) is 7.18. The van der Waals surface area contributed by atoms with Gasteiger partial charge in [0, 0.05) is 12.6 Å². The fourth-order valence-electron chi connectivity index (χ4n) is 2.86. The zero-order chi connectivity index (χ0) is 14.7. The van der Waals surface area contributed by atoms with Gasteiger partial charge in [0.1, 0.15) is 0 Å². The van der Waals surface area contributed by atoms with Crippen LogP contribution in [0, 0.1) is 13.8 Å². The SMILES string of the molecule is CCC1CCCCN1c1nnc(C)c(C)c1/C(N)=N/O. The third kappa shape index (κ3) is 2.55. The van der Waals surface area contributed by atoms with E-state index in [0.717, 1.165) is 42.9 Å². The first-order chi connectivity index (χ1) is 9.60. The van der Waals surface area contributed by atoms with Gasteiger partial charge in [-0.1, -0.05) is 12.1 Å². The lowest BCUT2D eigenvalue weighted by Gasteiger charge is -2.37. The Morgan fingerprint density at radius 2 is 2.15 bits per heavy atom. The summed E-state index contributed by atoms with van der Waals surface area (Å²) in [6.45, 7) is 6.95. The molecule has 0 aromatic carbocycles. The maximum absolute atomic E-state index is 9.05. The van der Waals surface area contributed by atoms with Crippen molar-refractivity contribution in [1.82, 2.24) is 10.2 Å². The minimum Gasteiger partial charge on any atom is -0.409 e. The van der Waals surface area contributed by atoms with Gasteiger partial charge in [0.05, 0.1) is 11.3 Å². The van der Waals surface area contributed by atoms with Crippen LogP contribution in [-0.4, -0.2) is 33.8 Å². The highest BCUT2D eigenvalue weighted by Gasteiger charge is 2.27. The molecule has 0 saturated carbocycles. The van der Waals surface area contributed by atoms with Gasteiger partial charge >= 0.3 is 0 Å². The van der Waals surface area contributed by atoms with Crippen LogP contribution in [0.4, 0.5) is 5.82 Å². The van der Waals surface area contributed by atoms with Gasteiger partial charge in [-0.15, -0.1) is 5.10 Å². The standard InChI is InChI=1S/C14H23N5O/c1-4-11-7-5-6-8-19(11)14-12(13(15)18-20)9(2)10(3)16-17-14/h11,20H,4-8H2,1-3H3,(H2,15,18). The minimum absolute atomic E-state index is 0.107. The summed E-state index contributed by atoms with van der Waals surface area (Å²) in [5.41, 5.74) is 8.30. The number of amidine groups is 1. The molecule has 1 aromatic heterocycles. The molecule has 2 heterocycles. The molecule has 1 aliphatic heterocycles. The van der Waals surface area contributed by atoms with Gasteiger partial charge in [-0.2, -0.15) is 5.10 Å². The molecule has 110 valence electrons. The van der Waals surface area contributed by atoms with E-state index in [-0.39, 0.29) is 5.84 Å². The van der Waals surface area contributed by atoms with E-state index in [1.165, 1.54) is 6.42 Å². The van der Waals surface area contributed by atoms with E-state index in [0.29, 0.717) is 11.6 Å². The van der Waals surface area contributed by atoms with Crippen LogP contribution in [-0.2, 0) is 0 Å². The summed E-state index contributed by atoms with van der Waals surface area (Å²) in [6.07, 6.45) is 4.60. The minimum atomic E-state index is 0.107. The molecule has 0 aliphatic carbocycles. The highest BCUT2D eigenvalue weighted by Crippen LogP contribution is 2.29. The van der Waals surface area contributed by atoms with Crippen LogP contribution in [0.15, 0.2) is 5.16 Å². The monoisotopic (exact) mass is 277 g/mol. The molecule has 6 heteroatoms. The maximum Gasteiger partial charge on any atom is 0.174 e. The third-order valence-electron chi connectivity index (χ3n) is 4.17. The van der Waals surface area contributed by atoms with Crippen molar-refractivity contribution < 1.29 is 5.21 Å². The van der Waals surface area contributed by atoms with E-state index in [4.69, 9.17) is 10.9 Å². The van der Waals surface area contributed by atoms with E-state index in [2.05, 4.69) is 27.2 Å². The summed E-state index contributed by atoms with van der Waals surface area (Å²) in [6, 6.07) is 0.449. The fourth-order valence-corrected chi connectivity index (χ4v) is 2.86. The molecule has 1 aromatic rings. The van der Waals surface area contributed by atoms with E-state index in [9.17, 15) is 0 Å². The lowest BCUT2D eigenvalue weighted by atomic mass is 9.98. The Labute approximate surface area is 119 Å². The second-order valence-corrected chi connectivity index (χ2v) is 5.35. The van der Waals surface area contributed by atoms with E-state index in [1.54, 1.807) is 0 Å². The lowest BCUT2D eigenvalue weighted by molar-refractivity contribution is 0.318. The van der Waals surface area contributed by atoms with Gasteiger partial charge in [-0.05, 0) is 45.1 Å². The average molecular weight is 277 g/mol. The number of oxime groups is 1. The number of nitrogens with zero attached hydrogens (tertiary/aromatic N) is 4. The summed E-state index contributed by atoms with van der Waals surface area (Å²) in [7, 11) is 0. The maximum atomic E-state index is 9.05. The Kier molecular flexibility index (Phi) is 4.42. The largest absolute Gasteiger partial charge is 0.409 e. The van der Waals surface area contributed by atoms with Gasteiger partial charge in [0.15, 0.2) is 11.7 Å². The Balaban J connectivity index is 2.52. The van der Waals surface area contributed by atoms with Gasteiger partial charge < -0.3 is 15.8 Å². The fraction of sp³-hybridized carbons (Fsp3) is 0.643. The predicted octanol–water partition coefficient (Wildman–Crippen LogP) is 1.96. The molecule has 6 nitrogen and oxygen atoms in total. The van der Waals surface area contributed by atoms with E-state index in [1.807, 2.05) is 13.8 Å². The zero-order valence-corrected chi connectivity index (χ0v) is 12.4. The van der Waals surface area contributed by atoms with Crippen LogP contribution in [0.1, 0.15) is 49.4 Å². The second-order valence-electron chi connectivity index (χ2n) is 5.35. The summed E-state index contributed by atoms with van der Waals surface area (Å²) in [5.74, 6) is 0.853. The summed E-state index contributed by atoms with van der Waals surface area (Å²) >= 11 is 0. The molecule has 1 fully saturated rings. The Morgan fingerprint density at radius 1 is 1.40 bits per heavy atom. The van der Waals surface area contributed by atoms with Gasteiger partial charge in [0.25, 0.3) is 0 Å². The first kappa shape index (κ1) is 14.6. The van der Waals surface area contributed by atoms with Crippen molar-refractivity contribution in [1.29, 1.82) is 0 Å². The quantitative estimate of drug-likeness (QED) is 0.381. The molecule has 0 radical (unpaired) electrons. The number of hydrogen-bond acceptors (Lipinski definition) is 5. The molecule has 1 unspecified atom stereocenters. The highest BCUT2D eigenvalue weighted by atomic mass is 16.4. The Morgan fingerprint density at radius 3 is 2.80 bits per heavy atom. The molecule has 1 aliphatic rings. The number of hydrogen-bond donors (Lipinski definition) is 2. The number of piperidine rings is 1. The van der Waals surface area contributed by atoms with Gasteiger partial charge in [-0.25, -0.2) is 0 Å². The van der Waals surface area contributed by atoms with Gasteiger partial charge in [-0.3, -0.25) is 0 Å². The number of nitrogens with two attached hydrogens (primary N) is 1. The molecular formula is C14H23N5O. The zero-order valence-electron chi connectivity index (χ0n) is 12.4. The normalized spacial score (nSPS) is 20.2. The van der Waals surface area contributed by atoms with Crippen LogP contribution >= 0.6 is 0 Å². The van der Waals surface area contributed by atoms with Crippen LogP contribution in [0.5, 0.6) is 0 Å². The van der Waals surface area contributed by atoms with Crippen molar-refractivity contribution in [3.05, 3.63) is 16.8 Å². The van der Waals surface area contributed by atoms with Crippen LogP contribution in [0.25, 0.3) is 0 Å². The molecular weight excluding hydrogens is 254 g/mol. The Hall–Kier alpha value is -1.85. The molecule has 1 atom stereocenters. The highest BCUT2D eigenvalue weighted by molar-refractivity contribution is 6.02. The number of rotatable bonds is 3. The summed E-state index contributed by atoms with van der Waals surface area (Å²) in [5, 5.41) is 20.8. The first-order valence-electron chi connectivity index (χ1n) is 7.18. The Bertz CT molecular complexity index is 515. The predicted molar refractivity (Wildman–Crippen MR) is 79.3 cm³/mol. The smallest absolute Gasteiger partial charge is 0.174 e. The molecule has 0 spiro atoms. The number of anilines is 1. The molecule has 1 saturated heterocycles. The van der Waals surface area contributed by atoms with E-state index >= 15 is 0 Å². The lowest BCUT2D eigenvalue weighted by Crippen LogP contribution is -2.41. The molecule has 2 rings (SSSR count). The molecule has 0 amide bonds. The van der Waals surface area contributed by atoms with Crippen molar-refractivity contribution in [3.63, 3.8) is 0 Å². The molecule has 3 N–H and O–H groups in total. The second kappa shape index (κ2) is 6.07. The van der Waals surface area contributed by atoms with Gasteiger partial charge in [0.2, 0.25) is 0 Å². The molecule has 0 bridgehead atoms. The van der Waals surface area contributed by atoms with Crippen LogP contribution in [0.2, 0.25) is 0 Å². The van der Waals surface area contributed by atoms with Crippen molar-refractivity contribution in [3.8, 4) is 0 Å². The summed E-state index contributed by atoms with van der Waals surface area (Å²) < 4.78 is 0. The number of aryl methyl sites for hydroxylation is 1. The summed E-state index contributed by atoms with van der Waals surface area (Å²) in [4.78, 5) is 2.26. The van der Waals surface area contributed by atoms with Crippen LogP contribution < -0.4 is 10.6 Å². The van der Waals surface area contributed by atoms with Crippen molar-refractivity contribution >= 4 is 11.7 Å². The topological polar surface area (TPSA) is 87.6 Å². The van der Waals surface area contributed by atoms with Crippen molar-refractivity contribution in [2.24, 2.45) is 10.9 Å². The van der Waals surface area contributed by atoms with Crippen molar-refractivity contribution in [2.75, 3.05) is 11.4 Å². The van der Waals surface area contributed by atoms with E-state index < -0.39 is 0 Å².